The normalized spacial score (nSPS) is 12.3. The molecule has 0 fully saturated rings. The lowest BCUT2D eigenvalue weighted by Gasteiger charge is -2.10. The third kappa shape index (κ3) is 2.88. The van der Waals surface area contributed by atoms with Crippen LogP contribution in [0, 0.1) is 0 Å². The minimum Gasteiger partial charge on any atom is -0.314 e. The molecule has 0 spiro atoms. The molecule has 2 heterocycles. The van der Waals surface area contributed by atoms with E-state index in [4.69, 9.17) is 0 Å². The van der Waals surface area contributed by atoms with E-state index in [0.717, 1.165) is 0 Å². The van der Waals surface area contributed by atoms with Crippen molar-refractivity contribution < 1.29 is 22.0 Å². The number of imidazole rings is 1. The van der Waals surface area contributed by atoms with Crippen molar-refractivity contribution in [2.75, 3.05) is 0 Å². The van der Waals surface area contributed by atoms with Crippen molar-refractivity contribution in [2.45, 2.75) is 19.1 Å². The monoisotopic (exact) mass is 327 g/mol. The molecule has 3 nitrogen and oxygen atoms in total. The van der Waals surface area contributed by atoms with Crippen LogP contribution in [0.2, 0.25) is 0 Å². The van der Waals surface area contributed by atoms with E-state index in [2.05, 4.69) is 9.97 Å². The van der Waals surface area contributed by atoms with Crippen molar-refractivity contribution in [2.24, 2.45) is 0 Å². The lowest BCUT2D eigenvalue weighted by molar-refractivity contribution is -0.147. The van der Waals surface area contributed by atoms with E-state index >= 15 is 0 Å². The van der Waals surface area contributed by atoms with Crippen LogP contribution in [-0.4, -0.2) is 21.0 Å². The molecule has 0 saturated heterocycles. The topological polar surface area (TPSA) is 30.7 Å². The maximum atomic E-state index is 13.1. The zero-order chi connectivity index (χ0) is 16.6. The molecule has 0 radical (unpaired) electrons. The van der Waals surface area contributed by atoms with E-state index in [0.29, 0.717) is 10.1 Å². The quantitative estimate of drug-likeness (QED) is 0.668. The average Bonchev–Trinajstić information content (AvgIpc) is 2.86. The first-order valence-electron chi connectivity index (χ1n) is 6.64. The van der Waals surface area contributed by atoms with Gasteiger partial charge >= 0.3 is 6.18 Å². The van der Waals surface area contributed by atoms with Gasteiger partial charge < -0.3 is 4.57 Å². The summed E-state index contributed by atoms with van der Waals surface area (Å²) in [6, 6.07) is 9.75. The van der Waals surface area contributed by atoms with Gasteiger partial charge in [-0.15, -0.1) is 0 Å². The predicted octanol–water partition coefficient (Wildman–Crippen LogP) is 4.38. The fraction of sp³-hybridized carbons (Fsp3) is 0.200. The van der Waals surface area contributed by atoms with Crippen molar-refractivity contribution in [1.29, 1.82) is 0 Å². The first-order chi connectivity index (χ1) is 10.9. The van der Waals surface area contributed by atoms with Crippen LogP contribution in [0.4, 0.5) is 22.0 Å². The van der Waals surface area contributed by atoms with E-state index in [1.54, 1.807) is 30.3 Å². The molecule has 0 aliphatic carbocycles. The van der Waals surface area contributed by atoms with E-state index < -0.39 is 25.0 Å². The number of aromatic nitrogens is 3. The van der Waals surface area contributed by atoms with Crippen LogP contribution < -0.4 is 0 Å². The van der Waals surface area contributed by atoms with Crippen molar-refractivity contribution in [3.05, 3.63) is 48.4 Å². The maximum Gasteiger partial charge on any atom is 0.449 e. The van der Waals surface area contributed by atoms with Gasteiger partial charge in [-0.25, -0.2) is 13.8 Å². The van der Waals surface area contributed by atoms with Crippen LogP contribution in [0.5, 0.6) is 0 Å². The summed E-state index contributed by atoms with van der Waals surface area (Å²) in [6.07, 6.45) is -6.47. The summed E-state index contributed by atoms with van der Waals surface area (Å²) >= 11 is 0. The highest BCUT2D eigenvalue weighted by Gasteiger charge is 2.38. The van der Waals surface area contributed by atoms with Crippen LogP contribution in [0.15, 0.2) is 42.6 Å². The van der Waals surface area contributed by atoms with E-state index in [9.17, 15) is 22.0 Å². The number of halogens is 5. The SMILES string of the molecule is FC(F)Cn1c(C(F)(F)F)nc2c(-c3ccccc3)nccc21. The first kappa shape index (κ1) is 15.4. The molecule has 23 heavy (non-hydrogen) atoms. The summed E-state index contributed by atoms with van der Waals surface area (Å²) in [5.41, 5.74) is 0.716. The van der Waals surface area contributed by atoms with Crippen molar-refractivity contribution >= 4 is 11.0 Å². The molecule has 1 aromatic carbocycles. The molecule has 0 bridgehead atoms. The van der Waals surface area contributed by atoms with Crippen LogP contribution in [0.1, 0.15) is 5.82 Å². The number of hydrogen-bond acceptors (Lipinski definition) is 2. The first-order valence-corrected chi connectivity index (χ1v) is 6.64. The third-order valence-corrected chi connectivity index (χ3v) is 3.29. The Labute approximate surface area is 127 Å². The molecular weight excluding hydrogens is 317 g/mol. The lowest BCUT2D eigenvalue weighted by Crippen LogP contribution is -2.17. The number of rotatable bonds is 3. The lowest BCUT2D eigenvalue weighted by atomic mass is 10.1. The van der Waals surface area contributed by atoms with Crippen molar-refractivity contribution in [3.8, 4) is 11.3 Å². The van der Waals surface area contributed by atoms with Gasteiger partial charge in [-0.2, -0.15) is 13.2 Å². The smallest absolute Gasteiger partial charge is 0.314 e. The second-order valence-corrected chi connectivity index (χ2v) is 4.83. The maximum absolute atomic E-state index is 13.1. The van der Waals surface area contributed by atoms with E-state index in [1.807, 2.05) is 0 Å². The predicted molar refractivity (Wildman–Crippen MR) is 74.0 cm³/mol. The van der Waals surface area contributed by atoms with E-state index in [-0.39, 0.29) is 16.7 Å². The molecule has 120 valence electrons. The molecule has 2 aromatic heterocycles. The molecule has 0 aliphatic heterocycles. The highest BCUT2D eigenvalue weighted by Crippen LogP contribution is 2.34. The summed E-state index contributed by atoms with van der Waals surface area (Å²) < 4.78 is 65.2. The Morgan fingerprint density at radius 1 is 1.04 bits per heavy atom. The Morgan fingerprint density at radius 3 is 2.35 bits per heavy atom. The number of benzene rings is 1. The van der Waals surface area contributed by atoms with Crippen LogP contribution in [0.3, 0.4) is 0 Å². The molecule has 0 amide bonds. The molecule has 0 saturated carbocycles. The Bertz CT molecular complexity index is 824. The largest absolute Gasteiger partial charge is 0.449 e. The molecule has 3 aromatic rings. The van der Waals surface area contributed by atoms with Gasteiger partial charge in [-0.3, -0.25) is 4.98 Å². The second-order valence-electron chi connectivity index (χ2n) is 4.83. The van der Waals surface area contributed by atoms with Crippen LogP contribution in [0.25, 0.3) is 22.3 Å². The van der Waals surface area contributed by atoms with Crippen LogP contribution >= 0.6 is 0 Å². The summed E-state index contributed by atoms with van der Waals surface area (Å²) in [4.78, 5) is 7.62. The minimum atomic E-state index is -4.83. The Kier molecular flexibility index (Phi) is 3.75. The Hall–Kier alpha value is -2.51. The average molecular weight is 327 g/mol. The van der Waals surface area contributed by atoms with Gasteiger partial charge in [0.2, 0.25) is 5.82 Å². The van der Waals surface area contributed by atoms with E-state index in [1.165, 1.54) is 12.3 Å². The van der Waals surface area contributed by atoms with Gasteiger partial charge in [0, 0.05) is 11.8 Å². The zero-order valence-electron chi connectivity index (χ0n) is 11.6. The molecule has 3 rings (SSSR count). The van der Waals surface area contributed by atoms with Gasteiger partial charge in [0.25, 0.3) is 6.43 Å². The van der Waals surface area contributed by atoms with Crippen molar-refractivity contribution in [3.63, 3.8) is 0 Å². The van der Waals surface area contributed by atoms with Crippen molar-refractivity contribution in [1.82, 2.24) is 14.5 Å². The molecule has 0 N–H and O–H groups in total. The number of nitrogens with zero attached hydrogens (tertiary/aromatic N) is 3. The highest BCUT2D eigenvalue weighted by atomic mass is 19.4. The number of pyridine rings is 1. The number of hydrogen-bond donors (Lipinski definition) is 0. The Balaban J connectivity index is 2.29. The summed E-state index contributed by atoms with van der Waals surface area (Å²) in [5.74, 6) is -1.35. The second kappa shape index (κ2) is 5.60. The molecule has 0 atom stereocenters. The third-order valence-electron chi connectivity index (χ3n) is 3.29. The molecular formula is C15H10F5N3. The molecule has 0 unspecified atom stereocenters. The summed E-state index contributed by atoms with van der Waals surface area (Å²) in [7, 11) is 0. The molecule has 8 heteroatoms. The summed E-state index contributed by atoms with van der Waals surface area (Å²) in [5, 5.41) is 0. The van der Waals surface area contributed by atoms with Gasteiger partial charge in [0.15, 0.2) is 0 Å². The minimum absolute atomic E-state index is 0.0218. The number of fused-ring (bicyclic) bond motifs is 1. The van der Waals surface area contributed by atoms with Gasteiger partial charge in [0.05, 0.1) is 17.8 Å². The summed E-state index contributed by atoms with van der Waals surface area (Å²) in [6.45, 7) is -1.08. The fourth-order valence-electron chi connectivity index (χ4n) is 2.40. The van der Waals surface area contributed by atoms with Gasteiger partial charge in [-0.05, 0) is 6.07 Å². The van der Waals surface area contributed by atoms with Gasteiger partial charge in [-0.1, -0.05) is 30.3 Å². The zero-order valence-corrected chi connectivity index (χ0v) is 11.6. The Morgan fingerprint density at radius 2 is 1.74 bits per heavy atom. The highest BCUT2D eigenvalue weighted by molar-refractivity contribution is 5.90. The standard InChI is InChI=1S/C15H10F5N3/c16-11(17)8-23-10-6-7-21-12(9-4-2-1-3-5-9)13(10)22-14(23)15(18,19)20/h1-7,11H,8H2. The van der Waals surface area contributed by atoms with Crippen LogP contribution in [-0.2, 0) is 12.7 Å². The molecule has 0 aliphatic rings. The fourth-order valence-corrected chi connectivity index (χ4v) is 2.40. The van der Waals surface area contributed by atoms with Gasteiger partial charge in [0.1, 0.15) is 5.52 Å². The number of alkyl halides is 5.